The van der Waals surface area contributed by atoms with Gasteiger partial charge in [0.05, 0.1) is 12.7 Å². The number of nitrogens with zero attached hydrogens (tertiary/aromatic N) is 2. The van der Waals surface area contributed by atoms with Crippen LogP contribution in [0.5, 0.6) is 0 Å². The zero-order valence-corrected chi connectivity index (χ0v) is 11.9. The smallest absolute Gasteiger partial charge is 0.222 e. The molecule has 1 aromatic heterocycles. The van der Waals surface area contributed by atoms with Gasteiger partial charge >= 0.3 is 0 Å². The maximum atomic E-state index is 11.6. The minimum Gasteiger partial charge on any atom is -0.378 e. The summed E-state index contributed by atoms with van der Waals surface area (Å²) in [5.74, 6) is 0.0689. The molecule has 0 radical (unpaired) electrons. The lowest BCUT2D eigenvalue weighted by Crippen LogP contribution is -2.33. The second-order valence-electron chi connectivity index (χ2n) is 5.04. The Hall–Kier alpha value is -1.40. The number of hydrogen-bond donors (Lipinski definition) is 2. The van der Waals surface area contributed by atoms with Gasteiger partial charge < -0.3 is 15.4 Å². The van der Waals surface area contributed by atoms with Crippen LogP contribution in [0, 0.1) is 0 Å². The molecule has 1 saturated heterocycles. The number of piperidine rings is 1. The first-order valence-electron chi connectivity index (χ1n) is 7.41. The highest BCUT2D eigenvalue weighted by Gasteiger charge is 2.13. The molecule has 0 atom stereocenters. The standard InChI is InChI=1S/C14H24N4O2/c19-14(5-12-20-13-3-8-15-9-4-13)16-6-1-10-18-11-2-7-17-18/h2,7,11,13,15H,1,3-6,8-10,12H2,(H,16,19). The molecule has 2 rings (SSSR count). The van der Waals surface area contributed by atoms with E-state index < -0.39 is 0 Å². The van der Waals surface area contributed by atoms with Crippen molar-refractivity contribution in [3.8, 4) is 0 Å². The molecule has 1 aliphatic heterocycles. The number of hydrogen-bond acceptors (Lipinski definition) is 4. The highest BCUT2D eigenvalue weighted by atomic mass is 16.5. The Balaban J connectivity index is 1.45. The number of aromatic nitrogens is 2. The Kier molecular flexibility index (Phi) is 6.53. The number of amides is 1. The van der Waals surface area contributed by atoms with E-state index in [2.05, 4.69) is 15.7 Å². The first kappa shape index (κ1) is 15.0. The summed E-state index contributed by atoms with van der Waals surface area (Å²) < 4.78 is 7.57. The van der Waals surface area contributed by atoms with Crippen LogP contribution in [-0.2, 0) is 16.1 Å². The van der Waals surface area contributed by atoms with Gasteiger partial charge in [-0.15, -0.1) is 0 Å². The van der Waals surface area contributed by atoms with Crippen LogP contribution in [0.1, 0.15) is 25.7 Å². The summed E-state index contributed by atoms with van der Waals surface area (Å²) in [5, 5.41) is 10.3. The van der Waals surface area contributed by atoms with E-state index >= 15 is 0 Å². The molecule has 1 fully saturated rings. The van der Waals surface area contributed by atoms with Gasteiger partial charge in [-0.2, -0.15) is 5.10 Å². The monoisotopic (exact) mass is 280 g/mol. The molecule has 20 heavy (non-hydrogen) atoms. The first-order chi connectivity index (χ1) is 9.84. The minimum absolute atomic E-state index is 0.0689. The number of aryl methyl sites for hydroxylation is 1. The average molecular weight is 280 g/mol. The van der Waals surface area contributed by atoms with Crippen LogP contribution in [0.3, 0.4) is 0 Å². The van der Waals surface area contributed by atoms with Crippen LogP contribution in [0.25, 0.3) is 0 Å². The van der Waals surface area contributed by atoms with Crippen LogP contribution in [-0.4, -0.2) is 48.0 Å². The summed E-state index contributed by atoms with van der Waals surface area (Å²) in [4.78, 5) is 11.6. The molecule has 0 unspecified atom stereocenters. The van der Waals surface area contributed by atoms with Crippen LogP contribution < -0.4 is 10.6 Å². The molecule has 1 amide bonds. The number of carbonyl (C=O) groups excluding carboxylic acids is 1. The largest absolute Gasteiger partial charge is 0.378 e. The fourth-order valence-electron chi connectivity index (χ4n) is 2.27. The quantitative estimate of drug-likeness (QED) is 0.682. The van der Waals surface area contributed by atoms with Crippen molar-refractivity contribution in [3.05, 3.63) is 18.5 Å². The minimum atomic E-state index is 0.0689. The van der Waals surface area contributed by atoms with Gasteiger partial charge in [0.15, 0.2) is 0 Å². The van der Waals surface area contributed by atoms with E-state index in [1.807, 2.05) is 16.9 Å². The van der Waals surface area contributed by atoms with Gasteiger partial charge in [0, 0.05) is 31.9 Å². The molecule has 2 N–H and O–H groups in total. The van der Waals surface area contributed by atoms with Crippen LogP contribution in [0.4, 0.5) is 0 Å². The molecule has 0 aliphatic carbocycles. The Bertz CT molecular complexity index is 375. The van der Waals surface area contributed by atoms with E-state index in [-0.39, 0.29) is 5.91 Å². The van der Waals surface area contributed by atoms with E-state index in [1.165, 1.54) is 0 Å². The summed E-state index contributed by atoms with van der Waals surface area (Å²) in [6.07, 6.45) is 7.44. The number of ether oxygens (including phenoxy) is 1. The van der Waals surface area contributed by atoms with Gasteiger partial charge in [0.2, 0.25) is 5.91 Å². The average Bonchev–Trinajstić information content (AvgIpc) is 2.98. The summed E-state index contributed by atoms with van der Waals surface area (Å²) >= 11 is 0. The van der Waals surface area contributed by atoms with Crippen molar-refractivity contribution in [1.82, 2.24) is 20.4 Å². The molecule has 0 saturated carbocycles. The van der Waals surface area contributed by atoms with Crippen molar-refractivity contribution in [2.24, 2.45) is 0 Å². The lowest BCUT2D eigenvalue weighted by molar-refractivity contribution is -0.122. The molecular formula is C14H24N4O2. The van der Waals surface area contributed by atoms with Crippen molar-refractivity contribution in [2.75, 3.05) is 26.2 Å². The Morgan fingerprint density at radius 2 is 2.30 bits per heavy atom. The first-order valence-corrected chi connectivity index (χ1v) is 7.41. The van der Waals surface area contributed by atoms with E-state index in [1.54, 1.807) is 6.20 Å². The summed E-state index contributed by atoms with van der Waals surface area (Å²) in [7, 11) is 0. The lowest BCUT2D eigenvalue weighted by atomic mass is 10.1. The highest BCUT2D eigenvalue weighted by molar-refractivity contribution is 5.75. The molecule has 0 bridgehead atoms. The SMILES string of the molecule is O=C(CCOC1CCNCC1)NCCCn1cccn1. The van der Waals surface area contributed by atoms with Gasteiger partial charge in [0.1, 0.15) is 0 Å². The fraction of sp³-hybridized carbons (Fsp3) is 0.714. The van der Waals surface area contributed by atoms with Crippen molar-refractivity contribution in [3.63, 3.8) is 0 Å². The predicted molar refractivity (Wildman–Crippen MR) is 76.3 cm³/mol. The van der Waals surface area contributed by atoms with Gasteiger partial charge in [-0.3, -0.25) is 9.48 Å². The Morgan fingerprint density at radius 1 is 1.45 bits per heavy atom. The van der Waals surface area contributed by atoms with E-state index in [0.29, 0.717) is 25.7 Å². The van der Waals surface area contributed by atoms with Crippen LogP contribution in [0.2, 0.25) is 0 Å². The molecule has 112 valence electrons. The van der Waals surface area contributed by atoms with Crippen molar-refractivity contribution >= 4 is 5.91 Å². The van der Waals surface area contributed by atoms with Gasteiger partial charge in [-0.05, 0) is 38.4 Å². The van der Waals surface area contributed by atoms with Crippen molar-refractivity contribution in [1.29, 1.82) is 0 Å². The second-order valence-corrected chi connectivity index (χ2v) is 5.04. The van der Waals surface area contributed by atoms with Crippen LogP contribution in [0.15, 0.2) is 18.5 Å². The maximum absolute atomic E-state index is 11.6. The normalized spacial score (nSPS) is 16.2. The summed E-state index contributed by atoms with van der Waals surface area (Å²) in [5.41, 5.74) is 0. The third kappa shape index (κ3) is 5.71. The Morgan fingerprint density at radius 3 is 3.05 bits per heavy atom. The molecular weight excluding hydrogens is 256 g/mol. The van der Waals surface area contributed by atoms with Crippen molar-refractivity contribution < 1.29 is 9.53 Å². The molecule has 6 heteroatoms. The topological polar surface area (TPSA) is 68.2 Å². The maximum Gasteiger partial charge on any atom is 0.222 e. The van der Waals surface area contributed by atoms with Gasteiger partial charge in [-0.25, -0.2) is 0 Å². The number of carbonyl (C=O) groups is 1. The van der Waals surface area contributed by atoms with Gasteiger partial charge in [-0.1, -0.05) is 0 Å². The van der Waals surface area contributed by atoms with E-state index in [4.69, 9.17) is 4.74 Å². The molecule has 6 nitrogen and oxygen atoms in total. The third-order valence-electron chi connectivity index (χ3n) is 3.41. The van der Waals surface area contributed by atoms with Crippen molar-refractivity contribution in [2.45, 2.75) is 38.3 Å². The Labute approximate surface area is 119 Å². The molecule has 0 aromatic carbocycles. The summed E-state index contributed by atoms with van der Waals surface area (Å²) in [6, 6.07) is 1.90. The zero-order valence-electron chi connectivity index (χ0n) is 11.9. The highest BCUT2D eigenvalue weighted by Crippen LogP contribution is 2.07. The van der Waals surface area contributed by atoms with Gasteiger partial charge in [0.25, 0.3) is 0 Å². The van der Waals surface area contributed by atoms with E-state index in [9.17, 15) is 4.79 Å². The number of rotatable bonds is 8. The van der Waals surface area contributed by atoms with E-state index in [0.717, 1.165) is 38.9 Å². The molecule has 0 spiro atoms. The summed E-state index contributed by atoms with van der Waals surface area (Å²) in [6.45, 7) is 4.08. The molecule has 2 heterocycles. The lowest BCUT2D eigenvalue weighted by Gasteiger charge is -2.22. The number of nitrogens with one attached hydrogen (secondary N) is 2. The fourth-order valence-corrected chi connectivity index (χ4v) is 2.27. The second kappa shape index (κ2) is 8.71. The zero-order chi connectivity index (χ0) is 14.0. The molecule has 1 aliphatic rings. The third-order valence-corrected chi connectivity index (χ3v) is 3.41. The predicted octanol–water partition coefficient (Wildman–Crippen LogP) is 0.548. The van der Waals surface area contributed by atoms with Crippen LogP contribution >= 0.6 is 0 Å². The molecule has 1 aromatic rings.